The van der Waals surface area contributed by atoms with E-state index in [-0.39, 0.29) is 5.92 Å². The Kier molecular flexibility index (Phi) is 9.60. The molecule has 3 aromatic rings. The molecule has 2 heterocycles. The van der Waals surface area contributed by atoms with E-state index in [4.69, 9.17) is 9.15 Å². The number of fused-ring (bicyclic) bond motifs is 3. The van der Waals surface area contributed by atoms with Gasteiger partial charge in [-0.05, 0) is 66.3 Å². The molecule has 2 aromatic carbocycles. The first-order valence-electron chi connectivity index (χ1n) is 15.5. The molecule has 2 N–H and O–H groups in total. The number of hydrogen-bond donors (Lipinski definition) is 2. The quantitative estimate of drug-likeness (QED) is 0.200. The average molecular weight is 593 g/mol. The molecule has 1 aliphatic heterocycles. The monoisotopic (exact) mass is 592 g/mol. The van der Waals surface area contributed by atoms with E-state index >= 15 is 0 Å². The van der Waals surface area contributed by atoms with Gasteiger partial charge >= 0.3 is 0 Å². The van der Waals surface area contributed by atoms with Gasteiger partial charge in [0.25, 0.3) is 0 Å². The molecule has 0 saturated heterocycles. The topological polar surface area (TPSA) is 97.0 Å². The maximum atomic E-state index is 13.9. The lowest BCUT2D eigenvalue weighted by atomic mass is 9.94. The van der Waals surface area contributed by atoms with Crippen molar-refractivity contribution in [1.82, 2.24) is 0 Å². The highest BCUT2D eigenvalue weighted by molar-refractivity contribution is 7.92. The van der Waals surface area contributed by atoms with Crippen LogP contribution in [-0.4, -0.2) is 30.5 Å². The number of hydrogen-bond acceptors (Lipinski definition) is 6. The number of benzene rings is 2. The summed E-state index contributed by atoms with van der Waals surface area (Å²) in [4.78, 5) is 0.394. The summed E-state index contributed by atoms with van der Waals surface area (Å²) in [6, 6.07) is 11.4. The van der Waals surface area contributed by atoms with Crippen LogP contribution >= 0.6 is 0 Å². The van der Waals surface area contributed by atoms with Gasteiger partial charge in [-0.1, -0.05) is 82.9 Å². The summed E-state index contributed by atoms with van der Waals surface area (Å²) in [6.45, 7) is 6.88. The van der Waals surface area contributed by atoms with Crippen molar-refractivity contribution in [3.63, 3.8) is 0 Å². The van der Waals surface area contributed by atoms with Crippen molar-refractivity contribution in [3.05, 3.63) is 76.8 Å². The van der Waals surface area contributed by atoms with Crippen LogP contribution in [0.1, 0.15) is 93.6 Å². The van der Waals surface area contributed by atoms with Crippen LogP contribution in [0.25, 0.3) is 17.2 Å². The first-order chi connectivity index (χ1) is 20.3. The lowest BCUT2D eigenvalue weighted by Crippen LogP contribution is -2.13. The Morgan fingerprint density at radius 1 is 1.07 bits per heavy atom. The Hall–Kier alpha value is -2.87. The molecule has 1 aromatic heterocycles. The van der Waals surface area contributed by atoms with E-state index in [0.717, 1.165) is 47.3 Å². The SMILES string of the molecule is CCCCC(CC)CC=Cc1cc(CC)ccc1S(=O)(=O)C1CC1Cc1ccc2c(c1C(O)O)OCCc1occc1-2. The highest BCUT2D eigenvalue weighted by Crippen LogP contribution is 2.47. The van der Waals surface area contributed by atoms with Crippen molar-refractivity contribution in [1.29, 1.82) is 0 Å². The number of sulfone groups is 1. The van der Waals surface area contributed by atoms with Crippen molar-refractivity contribution < 1.29 is 27.8 Å². The minimum atomic E-state index is -3.57. The molecule has 3 unspecified atom stereocenters. The zero-order chi connectivity index (χ0) is 29.9. The molecule has 1 fully saturated rings. The maximum absolute atomic E-state index is 13.9. The minimum Gasteiger partial charge on any atom is -0.492 e. The van der Waals surface area contributed by atoms with Crippen LogP contribution < -0.4 is 4.74 Å². The van der Waals surface area contributed by atoms with Gasteiger partial charge in [-0.2, -0.15) is 0 Å². The van der Waals surface area contributed by atoms with Crippen LogP contribution in [0.2, 0.25) is 0 Å². The predicted molar refractivity (Wildman–Crippen MR) is 166 cm³/mol. The zero-order valence-corrected chi connectivity index (χ0v) is 25.8. The predicted octanol–water partition coefficient (Wildman–Crippen LogP) is 7.45. The van der Waals surface area contributed by atoms with E-state index in [1.807, 2.05) is 36.4 Å². The Bertz CT molecular complexity index is 1520. The fraction of sp³-hybridized carbons (Fsp3) is 0.486. The Labute approximate surface area is 250 Å². The number of aliphatic hydroxyl groups is 2. The summed E-state index contributed by atoms with van der Waals surface area (Å²) >= 11 is 0. The Morgan fingerprint density at radius 2 is 1.90 bits per heavy atom. The van der Waals surface area contributed by atoms with E-state index in [2.05, 4.69) is 26.8 Å². The molecule has 3 atom stereocenters. The summed E-state index contributed by atoms with van der Waals surface area (Å²) in [6.07, 6.45) is 12.1. The van der Waals surface area contributed by atoms with Gasteiger partial charge in [0.1, 0.15) is 11.5 Å². The summed E-state index contributed by atoms with van der Waals surface area (Å²) < 4.78 is 39.5. The van der Waals surface area contributed by atoms with Crippen LogP contribution in [0.15, 0.2) is 58.1 Å². The number of rotatable bonds is 13. The average Bonchev–Trinajstić information content (AvgIpc) is 3.66. The van der Waals surface area contributed by atoms with E-state index in [1.54, 1.807) is 12.3 Å². The molecule has 7 heteroatoms. The number of allylic oxidation sites excluding steroid dienone is 1. The fourth-order valence-electron chi connectivity index (χ4n) is 6.33. The van der Waals surface area contributed by atoms with Crippen LogP contribution in [0.4, 0.5) is 0 Å². The standard InChI is InChI=1S/C35H44O6S/c1-4-7-9-23(5-2)10-8-11-25-20-24(6-3)12-15-31(25)42(38,39)32-22-27(32)21-26-13-14-29-28-16-18-40-30(28)17-19-41-34(29)33(26)35(36)37/h8,11-16,18,20,23,27,32,35-37H,4-7,9-10,17,19,21-22H2,1-3H3. The van der Waals surface area contributed by atoms with Crippen LogP contribution in [0.5, 0.6) is 5.75 Å². The second-order valence-electron chi connectivity index (χ2n) is 11.8. The van der Waals surface area contributed by atoms with E-state index in [0.29, 0.717) is 53.6 Å². The van der Waals surface area contributed by atoms with E-state index in [9.17, 15) is 18.6 Å². The van der Waals surface area contributed by atoms with Gasteiger partial charge in [-0.3, -0.25) is 0 Å². The number of aryl methyl sites for hydroxylation is 1. The molecule has 0 bridgehead atoms. The highest BCUT2D eigenvalue weighted by Gasteiger charge is 2.48. The smallest absolute Gasteiger partial charge is 0.182 e. The third kappa shape index (κ3) is 6.38. The summed E-state index contributed by atoms with van der Waals surface area (Å²) in [5.41, 5.74) is 4.55. The molecule has 5 rings (SSSR count). The highest BCUT2D eigenvalue weighted by atomic mass is 32.2. The number of furan rings is 1. The molecule has 42 heavy (non-hydrogen) atoms. The molecular formula is C35H44O6S. The molecule has 2 aliphatic rings. The molecule has 226 valence electrons. The molecule has 0 spiro atoms. The van der Waals surface area contributed by atoms with Crippen molar-refractivity contribution in [3.8, 4) is 16.9 Å². The van der Waals surface area contributed by atoms with E-state index < -0.39 is 21.4 Å². The van der Waals surface area contributed by atoms with Gasteiger partial charge in [0, 0.05) is 17.5 Å². The van der Waals surface area contributed by atoms with Gasteiger partial charge in [-0.15, -0.1) is 0 Å². The number of unbranched alkanes of at least 4 members (excludes halogenated alkanes) is 1. The van der Waals surface area contributed by atoms with E-state index in [1.165, 1.54) is 19.3 Å². The Morgan fingerprint density at radius 3 is 2.64 bits per heavy atom. The minimum absolute atomic E-state index is 0.109. The lowest BCUT2D eigenvalue weighted by molar-refractivity contribution is -0.0447. The number of ether oxygens (including phenoxy) is 1. The molecule has 6 nitrogen and oxygen atoms in total. The van der Waals surface area contributed by atoms with Crippen LogP contribution in [-0.2, 0) is 29.1 Å². The molecule has 1 saturated carbocycles. The number of aliphatic hydroxyl groups excluding tert-OH is 1. The largest absolute Gasteiger partial charge is 0.492 e. The van der Waals surface area contributed by atoms with Gasteiger partial charge in [0.2, 0.25) is 0 Å². The Balaban J connectivity index is 1.38. The van der Waals surface area contributed by atoms with Crippen molar-refractivity contribution in [2.75, 3.05) is 6.61 Å². The first kappa shape index (κ1) is 30.6. The van der Waals surface area contributed by atoms with Gasteiger partial charge in [0.05, 0.1) is 28.6 Å². The van der Waals surface area contributed by atoms with Crippen molar-refractivity contribution in [2.24, 2.45) is 11.8 Å². The van der Waals surface area contributed by atoms with Gasteiger partial charge in [-0.25, -0.2) is 8.42 Å². The second-order valence-corrected chi connectivity index (χ2v) is 13.9. The summed E-state index contributed by atoms with van der Waals surface area (Å²) in [7, 11) is -3.57. The van der Waals surface area contributed by atoms with Crippen molar-refractivity contribution >= 4 is 15.9 Å². The fourth-order valence-corrected chi connectivity index (χ4v) is 8.47. The van der Waals surface area contributed by atoms with Gasteiger partial charge < -0.3 is 19.4 Å². The first-order valence-corrected chi connectivity index (χ1v) is 17.1. The third-order valence-corrected chi connectivity index (χ3v) is 11.4. The molecule has 0 amide bonds. The lowest BCUT2D eigenvalue weighted by Gasteiger charge is -2.19. The molecule has 0 radical (unpaired) electrons. The third-order valence-electron chi connectivity index (χ3n) is 8.99. The van der Waals surface area contributed by atoms with Crippen LogP contribution in [0.3, 0.4) is 0 Å². The van der Waals surface area contributed by atoms with Crippen molar-refractivity contribution in [2.45, 2.75) is 95.0 Å². The summed E-state index contributed by atoms with van der Waals surface area (Å²) in [5.74, 6) is 1.75. The normalized spacial score (nSPS) is 18.9. The zero-order valence-electron chi connectivity index (χ0n) is 25.0. The van der Waals surface area contributed by atoms with Crippen LogP contribution in [0, 0.1) is 11.8 Å². The second kappa shape index (κ2) is 13.2. The molecular weight excluding hydrogens is 548 g/mol. The van der Waals surface area contributed by atoms with Gasteiger partial charge in [0.15, 0.2) is 16.1 Å². The molecule has 1 aliphatic carbocycles. The summed E-state index contributed by atoms with van der Waals surface area (Å²) in [5, 5.41) is 20.3. The maximum Gasteiger partial charge on any atom is 0.182 e.